The second-order valence-corrected chi connectivity index (χ2v) is 4.91. The van der Waals surface area contributed by atoms with Gasteiger partial charge in [0.05, 0.1) is 29.9 Å². The zero-order chi connectivity index (χ0) is 11.8. The summed E-state index contributed by atoms with van der Waals surface area (Å²) in [6, 6.07) is -0.00884. The Balaban J connectivity index is 1.83. The molecule has 0 unspecified atom stereocenters. The molecule has 17 heavy (non-hydrogen) atoms. The van der Waals surface area contributed by atoms with Gasteiger partial charge in [0.15, 0.2) is 5.69 Å². The Morgan fingerprint density at radius 1 is 1.59 bits per heavy atom. The average molecular weight is 252 g/mol. The van der Waals surface area contributed by atoms with E-state index in [1.165, 1.54) is 6.20 Å². The number of piperidine rings is 1. The first-order valence-electron chi connectivity index (χ1n) is 5.63. The molecule has 1 aromatic rings. The predicted molar refractivity (Wildman–Crippen MR) is 60.5 cm³/mol. The summed E-state index contributed by atoms with van der Waals surface area (Å²) in [7, 11) is 0. The van der Waals surface area contributed by atoms with Crippen LogP contribution >= 0.6 is 11.7 Å². The van der Waals surface area contributed by atoms with Crippen LogP contribution in [0, 0.1) is 5.92 Å². The molecule has 2 aliphatic rings. The smallest absolute Gasteiger partial charge is 0.275 e. The second kappa shape index (κ2) is 4.06. The highest BCUT2D eigenvalue weighted by molar-refractivity contribution is 6.99. The summed E-state index contributed by atoms with van der Waals surface area (Å²) >= 11 is 1.03. The number of amides is 2. The van der Waals surface area contributed by atoms with Crippen LogP contribution in [0.15, 0.2) is 6.20 Å². The van der Waals surface area contributed by atoms with Crippen molar-refractivity contribution in [1.82, 2.24) is 19.0 Å². The number of aromatic nitrogens is 2. The highest BCUT2D eigenvalue weighted by Gasteiger charge is 2.43. The standard InChI is InChI=1S/C10H12N4O2S/c15-9-6-2-1-3-14(8(6)5-11-9)10(16)7-4-12-17-13-7/h4,6,8H,1-3,5H2,(H,11,15)/t6-,8+/m0/s1. The molecule has 3 rings (SSSR count). The van der Waals surface area contributed by atoms with Crippen molar-refractivity contribution in [2.45, 2.75) is 18.9 Å². The van der Waals surface area contributed by atoms with Gasteiger partial charge >= 0.3 is 0 Å². The van der Waals surface area contributed by atoms with E-state index in [0.717, 1.165) is 24.6 Å². The Bertz CT molecular complexity index is 447. The third-order valence-corrected chi connectivity index (χ3v) is 3.92. The lowest BCUT2D eigenvalue weighted by Gasteiger charge is -2.35. The Morgan fingerprint density at radius 2 is 2.47 bits per heavy atom. The van der Waals surface area contributed by atoms with Crippen LogP contribution in [0.1, 0.15) is 23.3 Å². The fourth-order valence-corrected chi connectivity index (χ4v) is 3.02. The number of likely N-dealkylation sites (tertiary alicyclic amines) is 1. The minimum absolute atomic E-state index is 0.00884. The molecule has 0 radical (unpaired) electrons. The van der Waals surface area contributed by atoms with Gasteiger partial charge < -0.3 is 10.2 Å². The van der Waals surface area contributed by atoms with Crippen molar-refractivity contribution in [3.05, 3.63) is 11.9 Å². The largest absolute Gasteiger partial charge is 0.354 e. The highest BCUT2D eigenvalue weighted by Crippen LogP contribution is 2.28. The number of hydrogen-bond acceptors (Lipinski definition) is 5. The first kappa shape index (κ1) is 10.6. The van der Waals surface area contributed by atoms with Gasteiger partial charge in [0.25, 0.3) is 5.91 Å². The maximum Gasteiger partial charge on any atom is 0.275 e. The Kier molecular flexibility index (Phi) is 2.54. The van der Waals surface area contributed by atoms with E-state index in [0.29, 0.717) is 18.8 Å². The molecule has 1 N–H and O–H groups in total. The van der Waals surface area contributed by atoms with E-state index >= 15 is 0 Å². The molecular weight excluding hydrogens is 240 g/mol. The molecule has 0 aromatic carbocycles. The van der Waals surface area contributed by atoms with Crippen LogP contribution in [0.2, 0.25) is 0 Å². The van der Waals surface area contributed by atoms with Crippen molar-refractivity contribution in [3.8, 4) is 0 Å². The number of fused-ring (bicyclic) bond motifs is 1. The average Bonchev–Trinajstić information content (AvgIpc) is 2.98. The van der Waals surface area contributed by atoms with Gasteiger partial charge in [-0.2, -0.15) is 8.75 Å². The molecule has 0 aliphatic carbocycles. The zero-order valence-electron chi connectivity index (χ0n) is 9.13. The van der Waals surface area contributed by atoms with Crippen molar-refractivity contribution >= 4 is 23.5 Å². The number of nitrogens with one attached hydrogen (secondary N) is 1. The quantitative estimate of drug-likeness (QED) is 0.756. The van der Waals surface area contributed by atoms with E-state index < -0.39 is 0 Å². The normalized spacial score (nSPS) is 27.8. The summed E-state index contributed by atoms with van der Waals surface area (Å²) in [4.78, 5) is 25.6. The van der Waals surface area contributed by atoms with Crippen molar-refractivity contribution in [3.63, 3.8) is 0 Å². The Hall–Kier alpha value is -1.50. The summed E-state index contributed by atoms with van der Waals surface area (Å²) in [5, 5.41) is 2.83. The minimum Gasteiger partial charge on any atom is -0.354 e. The number of hydrogen-bond donors (Lipinski definition) is 1. The molecule has 2 aliphatic heterocycles. The summed E-state index contributed by atoms with van der Waals surface area (Å²) in [6.45, 7) is 1.26. The van der Waals surface area contributed by atoms with Gasteiger partial charge in [-0.25, -0.2) is 0 Å². The SMILES string of the molecule is O=C1NC[C@@H]2[C@@H]1CCCN2C(=O)c1cnsn1. The van der Waals surface area contributed by atoms with E-state index in [-0.39, 0.29) is 23.8 Å². The van der Waals surface area contributed by atoms with Crippen LogP contribution < -0.4 is 5.32 Å². The van der Waals surface area contributed by atoms with Gasteiger partial charge in [-0.1, -0.05) is 0 Å². The lowest BCUT2D eigenvalue weighted by Crippen LogP contribution is -2.48. The number of nitrogens with zero attached hydrogens (tertiary/aromatic N) is 3. The molecule has 2 atom stereocenters. The van der Waals surface area contributed by atoms with Gasteiger partial charge in [-0.3, -0.25) is 9.59 Å². The van der Waals surface area contributed by atoms with Gasteiger partial charge in [0.2, 0.25) is 5.91 Å². The molecule has 2 saturated heterocycles. The van der Waals surface area contributed by atoms with Crippen LogP contribution in [-0.2, 0) is 4.79 Å². The van der Waals surface area contributed by atoms with E-state index in [1.807, 2.05) is 0 Å². The maximum atomic E-state index is 12.2. The van der Waals surface area contributed by atoms with Crippen LogP contribution in [0.4, 0.5) is 0 Å². The predicted octanol–water partition coefficient (Wildman–Crippen LogP) is -0.111. The molecule has 0 bridgehead atoms. The molecular formula is C10H12N4O2S. The Labute approximate surface area is 102 Å². The van der Waals surface area contributed by atoms with Gasteiger partial charge in [0.1, 0.15) is 0 Å². The topological polar surface area (TPSA) is 75.2 Å². The number of carbonyl (C=O) groups is 2. The monoisotopic (exact) mass is 252 g/mol. The van der Waals surface area contributed by atoms with E-state index in [2.05, 4.69) is 14.1 Å². The van der Waals surface area contributed by atoms with Crippen LogP contribution in [0.5, 0.6) is 0 Å². The molecule has 2 amide bonds. The first-order valence-corrected chi connectivity index (χ1v) is 6.36. The number of carbonyl (C=O) groups excluding carboxylic acids is 2. The van der Waals surface area contributed by atoms with Crippen LogP contribution in [0.25, 0.3) is 0 Å². The maximum absolute atomic E-state index is 12.2. The molecule has 2 fully saturated rings. The summed E-state index contributed by atoms with van der Waals surface area (Å²) < 4.78 is 7.80. The van der Waals surface area contributed by atoms with Crippen molar-refractivity contribution in [1.29, 1.82) is 0 Å². The summed E-state index contributed by atoms with van der Waals surface area (Å²) in [6.07, 6.45) is 3.23. The van der Waals surface area contributed by atoms with E-state index in [1.54, 1.807) is 4.90 Å². The number of rotatable bonds is 1. The zero-order valence-corrected chi connectivity index (χ0v) is 9.94. The summed E-state index contributed by atoms with van der Waals surface area (Å²) in [5.41, 5.74) is 0.384. The molecule has 1 aromatic heterocycles. The summed E-state index contributed by atoms with van der Waals surface area (Å²) in [5.74, 6) is -0.0758. The van der Waals surface area contributed by atoms with Gasteiger partial charge in [-0.05, 0) is 12.8 Å². The first-order chi connectivity index (χ1) is 8.27. The molecule has 6 nitrogen and oxygen atoms in total. The minimum atomic E-state index is -0.107. The van der Waals surface area contributed by atoms with Gasteiger partial charge in [0, 0.05) is 13.1 Å². The third kappa shape index (κ3) is 1.70. The fraction of sp³-hybridized carbons (Fsp3) is 0.600. The highest BCUT2D eigenvalue weighted by atomic mass is 32.1. The lowest BCUT2D eigenvalue weighted by atomic mass is 9.91. The second-order valence-electron chi connectivity index (χ2n) is 4.35. The molecule has 90 valence electrons. The van der Waals surface area contributed by atoms with Crippen molar-refractivity contribution < 1.29 is 9.59 Å². The lowest BCUT2D eigenvalue weighted by molar-refractivity contribution is -0.123. The molecule has 0 saturated carbocycles. The van der Waals surface area contributed by atoms with E-state index in [4.69, 9.17) is 0 Å². The molecule has 7 heteroatoms. The molecule has 3 heterocycles. The van der Waals surface area contributed by atoms with Crippen molar-refractivity contribution in [2.75, 3.05) is 13.1 Å². The van der Waals surface area contributed by atoms with Crippen LogP contribution in [0.3, 0.4) is 0 Å². The van der Waals surface area contributed by atoms with Gasteiger partial charge in [-0.15, -0.1) is 0 Å². The van der Waals surface area contributed by atoms with E-state index in [9.17, 15) is 9.59 Å². The third-order valence-electron chi connectivity index (χ3n) is 3.44. The fourth-order valence-electron chi connectivity index (χ4n) is 2.61. The molecule has 0 spiro atoms. The Morgan fingerprint density at radius 3 is 3.24 bits per heavy atom. The van der Waals surface area contributed by atoms with Crippen molar-refractivity contribution in [2.24, 2.45) is 5.92 Å². The van der Waals surface area contributed by atoms with Crippen LogP contribution in [-0.4, -0.2) is 44.6 Å².